The topological polar surface area (TPSA) is 83.0 Å². The SMILES string of the molecule is CCNC(=S)N/N=C\c1c(OCc2ccc(C(=O)O)cc2)ccc2ccccc12. The summed E-state index contributed by atoms with van der Waals surface area (Å²) in [7, 11) is 0. The quantitative estimate of drug-likeness (QED) is 0.313. The number of carboxylic acids is 1. The molecule has 0 aliphatic rings. The highest BCUT2D eigenvalue weighted by Crippen LogP contribution is 2.27. The number of carbonyl (C=O) groups is 1. The first-order valence-corrected chi connectivity index (χ1v) is 9.53. The van der Waals surface area contributed by atoms with Crippen molar-refractivity contribution < 1.29 is 14.6 Å². The first kappa shape index (κ1) is 20.3. The van der Waals surface area contributed by atoms with Gasteiger partial charge in [-0.05, 0) is 53.7 Å². The molecule has 148 valence electrons. The lowest BCUT2D eigenvalue weighted by Crippen LogP contribution is -2.31. The van der Waals surface area contributed by atoms with Gasteiger partial charge in [-0.2, -0.15) is 5.10 Å². The maximum absolute atomic E-state index is 11.0. The van der Waals surface area contributed by atoms with Crippen LogP contribution in [0.2, 0.25) is 0 Å². The van der Waals surface area contributed by atoms with E-state index in [1.165, 1.54) is 0 Å². The summed E-state index contributed by atoms with van der Waals surface area (Å²) in [6.45, 7) is 2.98. The van der Waals surface area contributed by atoms with E-state index in [9.17, 15) is 4.79 Å². The molecule has 0 saturated heterocycles. The van der Waals surface area contributed by atoms with Crippen molar-refractivity contribution in [1.82, 2.24) is 10.7 Å². The maximum atomic E-state index is 11.0. The molecule has 0 amide bonds. The first-order chi connectivity index (χ1) is 14.1. The van der Waals surface area contributed by atoms with Crippen LogP contribution in [0.3, 0.4) is 0 Å². The number of nitrogens with zero attached hydrogens (tertiary/aromatic N) is 1. The van der Waals surface area contributed by atoms with Gasteiger partial charge in [0.15, 0.2) is 5.11 Å². The number of thiocarbonyl (C=S) groups is 1. The van der Waals surface area contributed by atoms with Crippen LogP contribution < -0.4 is 15.5 Å². The van der Waals surface area contributed by atoms with Crippen molar-refractivity contribution in [3.63, 3.8) is 0 Å². The standard InChI is InChI=1S/C22H21N3O3S/c1-2-23-22(29)25-24-13-19-18-6-4-3-5-16(18)11-12-20(19)28-14-15-7-9-17(10-8-15)21(26)27/h3-13H,2,14H2,1H3,(H,26,27)(H2,23,25,29)/b24-13-. The van der Waals surface area contributed by atoms with Gasteiger partial charge in [-0.1, -0.05) is 42.5 Å². The Labute approximate surface area is 174 Å². The highest BCUT2D eigenvalue weighted by atomic mass is 32.1. The van der Waals surface area contributed by atoms with Gasteiger partial charge in [-0.3, -0.25) is 5.43 Å². The van der Waals surface area contributed by atoms with Crippen LogP contribution in [0.5, 0.6) is 5.75 Å². The Bertz CT molecular complexity index is 1050. The van der Waals surface area contributed by atoms with E-state index in [0.29, 0.717) is 24.0 Å². The number of ether oxygens (including phenoxy) is 1. The number of aromatic carboxylic acids is 1. The molecule has 0 spiro atoms. The Morgan fingerprint density at radius 1 is 1.14 bits per heavy atom. The zero-order valence-corrected chi connectivity index (χ0v) is 16.7. The van der Waals surface area contributed by atoms with Crippen molar-refractivity contribution in [3.05, 3.63) is 77.4 Å². The Kier molecular flexibility index (Phi) is 6.76. The van der Waals surface area contributed by atoms with Crippen LogP contribution in [0.15, 0.2) is 65.8 Å². The largest absolute Gasteiger partial charge is 0.488 e. The highest BCUT2D eigenvalue weighted by Gasteiger charge is 2.08. The highest BCUT2D eigenvalue weighted by molar-refractivity contribution is 7.80. The molecule has 0 bridgehead atoms. The zero-order valence-electron chi connectivity index (χ0n) is 15.9. The fraction of sp³-hybridized carbons (Fsp3) is 0.136. The monoisotopic (exact) mass is 407 g/mol. The Balaban J connectivity index is 1.83. The number of nitrogens with one attached hydrogen (secondary N) is 2. The van der Waals surface area contributed by atoms with E-state index in [-0.39, 0.29) is 5.56 Å². The van der Waals surface area contributed by atoms with Crippen molar-refractivity contribution in [3.8, 4) is 5.75 Å². The third-order valence-electron chi connectivity index (χ3n) is 4.22. The molecule has 0 saturated carbocycles. The van der Waals surface area contributed by atoms with E-state index >= 15 is 0 Å². The summed E-state index contributed by atoms with van der Waals surface area (Å²) in [5.41, 5.74) is 4.74. The minimum absolute atomic E-state index is 0.245. The molecule has 3 aromatic carbocycles. The van der Waals surface area contributed by atoms with Crippen LogP contribution in [0, 0.1) is 0 Å². The van der Waals surface area contributed by atoms with Gasteiger partial charge in [0.1, 0.15) is 12.4 Å². The summed E-state index contributed by atoms with van der Waals surface area (Å²) in [6, 6.07) is 18.5. The third kappa shape index (κ3) is 5.30. The van der Waals surface area contributed by atoms with Crippen molar-refractivity contribution >= 4 is 40.3 Å². The Morgan fingerprint density at radius 3 is 2.62 bits per heavy atom. The first-order valence-electron chi connectivity index (χ1n) is 9.12. The van der Waals surface area contributed by atoms with Gasteiger partial charge in [0.05, 0.1) is 11.8 Å². The lowest BCUT2D eigenvalue weighted by Gasteiger charge is -2.12. The van der Waals surface area contributed by atoms with Crippen LogP contribution >= 0.6 is 12.2 Å². The molecule has 0 aliphatic heterocycles. The van der Waals surface area contributed by atoms with Gasteiger partial charge >= 0.3 is 5.97 Å². The number of fused-ring (bicyclic) bond motifs is 1. The molecule has 0 atom stereocenters. The van der Waals surface area contributed by atoms with E-state index in [2.05, 4.69) is 15.8 Å². The van der Waals surface area contributed by atoms with Crippen molar-refractivity contribution in [2.24, 2.45) is 5.10 Å². The minimum atomic E-state index is -0.950. The fourth-order valence-corrected chi connectivity index (χ4v) is 2.99. The summed E-state index contributed by atoms with van der Waals surface area (Å²) in [6.07, 6.45) is 1.69. The predicted molar refractivity (Wildman–Crippen MR) is 119 cm³/mol. The number of rotatable bonds is 7. The summed E-state index contributed by atoms with van der Waals surface area (Å²) in [4.78, 5) is 11.0. The number of hydrogen-bond donors (Lipinski definition) is 3. The van der Waals surface area contributed by atoms with Gasteiger partial charge in [0.25, 0.3) is 0 Å². The molecule has 0 aliphatic carbocycles. The van der Waals surface area contributed by atoms with Crippen LogP contribution in [0.1, 0.15) is 28.4 Å². The second-order valence-electron chi connectivity index (χ2n) is 6.22. The van der Waals surface area contributed by atoms with Crippen molar-refractivity contribution in [1.29, 1.82) is 0 Å². The van der Waals surface area contributed by atoms with Gasteiger partial charge in [-0.25, -0.2) is 4.79 Å². The minimum Gasteiger partial charge on any atom is -0.488 e. The lowest BCUT2D eigenvalue weighted by molar-refractivity contribution is 0.0697. The molecule has 0 radical (unpaired) electrons. The summed E-state index contributed by atoms with van der Waals surface area (Å²) in [5, 5.41) is 18.7. The molecule has 3 rings (SSSR count). The molecule has 0 heterocycles. The van der Waals surface area contributed by atoms with E-state index < -0.39 is 5.97 Å². The van der Waals surface area contributed by atoms with Gasteiger partial charge < -0.3 is 15.2 Å². The van der Waals surface area contributed by atoms with Crippen LogP contribution in [-0.4, -0.2) is 28.9 Å². The maximum Gasteiger partial charge on any atom is 0.335 e. The Hall–Kier alpha value is -3.45. The second kappa shape index (κ2) is 9.66. The van der Waals surface area contributed by atoms with Crippen LogP contribution in [-0.2, 0) is 6.61 Å². The third-order valence-corrected chi connectivity index (χ3v) is 4.46. The molecule has 0 unspecified atom stereocenters. The van der Waals surface area contributed by atoms with Crippen molar-refractivity contribution in [2.75, 3.05) is 6.54 Å². The molecule has 3 aromatic rings. The second-order valence-corrected chi connectivity index (χ2v) is 6.63. The average Bonchev–Trinajstić information content (AvgIpc) is 2.73. The number of carboxylic acid groups (broad SMARTS) is 1. The molecule has 6 nitrogen and oxygen atoms in total. The van der Waals surface area contributed by atoms with E-state index in [1.54, 1.807) is 30.5 Å². The smallest absolute Gasteiger partial charge is 0.335 e. The van der Waals surface area contributed by atoms with E-state index in [1.807, 2.05) is 43.3 Å². The average molecular weight is 407 g/mol. The summed E-state index contributed by atoms with van der Waals surface area (Å²) in [5.74, 6) is -0.278. The van der Waals surface area contributed by atoms with Crippen LogP contribution in [0.4, 0.5) is 0 Å². The Morgan fingerprint density at radius 2 is 1.90 bits per heavy atom. The van der Waals surface area contributed by atoms with Crippen molar-refractivity contribution in [2.45, 2.75) is 13.5 Å². The summed E-state index contributed by atoms with van der Waals surface area (Å²) >= 11 is 5.13. The summed E-state index contributed by atoms with van der Waals surface area (Å²) < 4.78 is 6.02. The number of hydrazone groups is 1. The van der Waals surface area contributed by atoms with E-state index in [4.69, 9.17) is 22.1 Å². The zero-order chi connectivity index (χ0) is 20.6. The molecular weight excluding hydrogens is 386 g/mol. The molecule has 3 N–H and O–H groups in total. The fourth-order valence-electron chi connectivity index (χ4n) is 2.79. The molecule has 29 heavy (non-hydrogen) atoms. The molecule has 0 fully saturated rings. The van der Waals surface area contributed by atoms with Crippen LogP contribution in [0.25, 0.3) is 10.8 Å². The molecular formula is C22H21N3O3S. The van der Waals surface area contributed by atoms with Gasteiger partial charge in [-0.15, -0.1) is 0 Å². The van der Waals surface area contributed by atoms with E-state index in [0.717, 1.165) is 21.9 Å². The molecule has 7 heteroatoms. The number of hydrogen-bond acceptors (Lipinski definition) is 4. The predicted octanol–water partition coefficient (Wildman–Crippen LogP) is 3.93. The normalized spacial score (nSPS) is 10.8. The number of benzene rings is 3. The molecule has 0 aromatic heterocycles. The van der Waals surface area contributed by atoms with Gasteiger partial charge in [0, 0.05) is 12.1 Å². The lowest BCUT2D eigenvalue weighted by atomic mass is 10.0. The van der Waals surface area contributed by atoms with Gasteiger partial charge in [0.2, 0.25) is 0 Å².